The van der Waals surface area contributed by atoms with Crippen molar-refractivity contribution in [1.82, 2.24) is 9.88 Å². The van der Waals surface area contributed by atoms with Gasteiger partial charge in [-0.3, -0.25) is 9.59 Å². The minimum Gasteiger partial charge on any atom is -0.348 e. The largest absolute Gasteiger partial charge is 0.417 e. The van der Waals surface area contributed by atoms with Crippen LogP contribution in [-0.4, -0.2) is 10.5 Å². The Hall–Kier alpha value is -3.06. The Kier molecular flexibility index (Phi) is 6.08. The van der Waals surface area contributed by atoms with Crippen LogP contribution >= 0.6 is 11.6 Å². The lowest BCUT2D eigenvalue weighted by Gasteiger charge is -2.12. The molecule has 1 heterocycles. The molecule has 0 radical (unpaired) electrons. The number of carbonyl (C=O) groups excluding carboxylic acids is 1. The van der Waals surface area contributed by atoms with Gasteiger partial charge >= 0.3 is 6.18 Å². The van der Waals surface area contributed by atoms with Crippen LogP contribution in [0.25, 0.3) is 0 Å². The van der Waals surface area contributed by atoms with Gasteiger partial charge in [-0.25, -0.2) is 0 Å². The average molecular weight is 421 g/mol. The maximum atomic E-state index is 12.9. The highest BCUT2D eigenvalue weighted by Gasteiger charge is 2.31. The molecule has 1 aromatic heterocycles. The zero-order valence-electron chi connectivity index (χ0n) is 15.0. The van der Waals surface area contributed by atoms with Crippen LogP contribution < -0.4 is 10.9 Å². The molecule has 3 rings (SSSR count). The molecule has 0 saturated carbocycles. The van der Waals surface area contributed by atoms with E-state index in [0.717, 1.165) is 28.5 Å². The van der Waals surface area contributed by atoms with Crippen molar-refractivity contribution in [2.75, 3.05) is 0 Å². The van der Waals surface area contributed by atoms with Crippen LogP contribution in [0.1, 0.15) is 27.0 Å². The lowest BCUT2D eigenvalue weighted by molar-refractivity contribution is -0.138. The zero-order valence-corrected chi connectivity index (χ0v) is 15.8. The summed E-state index contributed by atoms with van der Waals surface area (Å²) in [6.45, 7) is 0.217. The Morgan fingerprint density at radius 2 is 1.72 bits per heavy atom. The maximum absolute atomic E-state index is 12.9. The molecular formula is C21H16ClF3N2O2. The quantitative estimate of drug-likeness (QED) is 0.660. The van der Waals surface area contributed by atoms with Gasteiger partial charge in [-0.2, -0.15) is 13.2 Å². The monoisotopic (exact) mass is 420 g/mol. The highest BCUT2D eigenvalue weighted by Crippen LogP contribution is 2.28. The summed E-state index contributed by atoms with van der Waals surface area (Å²) in [6, 6.07) is 15.0. The molecule has 0 aliphatic heterocycles. The van der Waals surface area contributed by atoms with Crippen LogP contribution in [0.3, 0.4) is 0 Å². The second-order valence-corrected chi connectivity index (χ2v) is 6.83. The molecule has 0 fully saturated rings. The predicted octanol–water partition coefficient (Wildman–Crippen LogP) is 4.50. The number of carbonyl (C=O) groups is 1. The molecule has 2 aromatic carbocycles. The Morgan fingerprint density at radius 3 is 2.41 bits per heavy atom. The third kappa shape index (κ3) is 5.48. The van der Waals surface area contributed by atoms with Crippen LogP contribution in [0.2, 0.25) is 5.02 Å². The lowest BCUT2D eigenvalue weighted by atomic mass is 10.1. The molecule has 150 valence electrons. The molecule has 0 saturated heterocycles. The normalized spacial score (nSPS) is 11.3. The van der Waals surface area contributed by atoms with E-state index in [9.17, 15) is 22.8 Å². The number of alkyl halides is 3. The number of hydrogen-bond donors (Lipinski definition) is 1. The fourth-order valence-electron chi connectivity index (χ4n) is 2.72. The fraction of sp³-hybridized carbons (Fsp3) is 0.143. The minimum atomic E-state index is -4.54. The standard InChI is InChI=1S/C21H16ClF3N2O2/c22-18-7-4-14(5-8-18)11-26-20(29)16-3-1-2-15(10-16)12-27-13-17(21(23,24)25)6-9-19(27)28/h1-10,13H,11-12H2,(H,26,29). The first-order valence-electron chi connectivity index (χ1n) is 8.61. The number of rotatable bonds is 5. The summed E-state index contributed by atoms with van der Waals surface area (Å²) in [5.74, 6) is -0.335. The smallest absolute Gasteiger partial charge is 0.348 e. The van der Waals surface area contributed by atoms with Crippen LogP contribution in [0.4, 0.5) is 13.2 Å². The fourth-order valence-corrected chi connectivity index (χ4v) is 2.84. The molecule has 29 heavy (non-hydrogen) atoms. The van der Waals surface area contributed by atoms with E-state index in [1.54, 1.807) is 48.5 Å². The van der Waals surface area contributed by atoms with Crippen molar-refractivity contribution in [2.24, 2.45) is 0 Å². The second kappa shape index (κ2) is 8.53. The Morgan fingerprint density at radius 1 is 1.00 bits per heavy atom. The lowest BCUT2D eigenvalue weighted by Crippen LogP contribution is -2.24. The van der Waals surface area contributed by atoms with Crippen LogP contribution in [-0.2, 0) is 19.3 Å². The van der Waals surface area contributed by atoms with Crippen molar-refractivity contribution < 1.29 is 18.0 Å². The van der Waals surface area contributed by atoms with Gasteiger partial charge in [0.05, 0.1) is 12.1 Å². The van der Waals surface area contributed by atoms with Gasteiger partial charge in [0.25, 0.3) is 11.5 Å². The Balaban J connectivity index is 1.73. The molecule has 0 aliphatic carbocycles. The number of aromatic nitrogens is 1. The molecule has 0 bridgehead atoms. The molecular weight excluding hydrogens is 405 g/mol. The van der Waals surface area contributed by atoms with Crippen molar-refractivity contribution in [3.63, 3.8) is 0 Å². The number of nitrogens with one attached hydrogen (secondary N) is 1. The summed E-state index contributed by atoms with van der Waals surface area (Å²) in [5, 5.41) is 3.36. The summed E-state index contributed by atoms with van der Waals surface area (Å²) in [6.07, 6.45) is -3.77. The zero-order chi connectivity index (χ0) is 21.0. The first-order chi connectivity index (χ1) is 13.7. The van der Waals surface area contributed by atoms with Gasteiger partial charge < -0.3 is 9.88 Å². The summed E-state index contributed by atoms with van der Waals surface area (Å²) < 4.78 is 39.6. The molecule has 1 amide bonds. The van der Waals surface area contributed by atoms with Crippen molar-refractivity contribution in [3.8, 4) is 0 Å². The summed E-state index contributed by atoms with van der Waals surface area (Å²) in [4.78, 5) is 24.3. The SMILES string of the molecule is O=C(NCc1ccc(Cl)cc1)c1cccc(Cn2cc(C(F)(F)F)ccc2=O)c1. The van der Waals surface area contributed by atoms with Crippen LogP contribution in [0, 0.1) is 0 Å². The van der Waals surface area contributed by atoms with Crippen molar-refractivity contribution in [3.05, 3.63) is 104 Å². The van der Waals surface area contributed by atoms with Gasteiger partial charge in [-0.1, -0.05) is 35.9 Å². The highest BCUT2D eigenvalue weighted by molar-refractivity contribution is 6.30. The molecule has 1 N–H and O–H groups in total. The minimum absolute atomic E-state index is 0.0823. The van der Waals surface area contributed by atoms with Gasteiger partial charge in [0.2, 0.25) is 0 Å². The highest BCUT2D eigenvalue weighted by atomic mass is 35.5. The van der Waals surface area contributed by atoms with Gasteiger partial charge in [0.15, 0.2) is 0 Å². The van der Waals surface area contributed by atoms with Gasteiger partial charge in [0, 0.05) is 29.4 Å². The van der Waals surface area contributed by atoms with E-state index in [4.69, 9.17) is 11.6 Å². The van der Waals surface area contributed by atoms with Gasteiger partial charge in [-0.15, -0.1) is 0 Å². The van der Waals surface area contributed by atoms with Gasteiger partial charge in [-0.05, 0) is 41.5 Å². The predicted molar refractivity (Wildman–Crippen MR) is 104 cm³/mol. The molecule has 8 heteroatoms. The third-order valence-electron chi connectivity index (χ3n) is 4.22. The first-order valence-corrected chi connectivity index (χ1v) is 8.99. The summed E-state index contributed by atoms with van der Waals surface area (Å²) in [7, 11) is 0. The number of hydrogen-bond acceptors (Lipinski definition) is 2. The molecule has 0 unspecified atom stereocenters. The van der Waals surface area contributed by atoms with Gasteiger partial charge in [0.1, 0.15) is 0 Å². The van der Waals surface area contributed by atoms with E-state index in [0.29, 0.717) is 22.7 Å². The molecule has 0 aliphatic rings. The topological polar surface area (TPSA) is 51.1 Å². The Labute approximate surface area is 169 Å². The molecule has 4 nitrogen and oxygen atoms in total. The van der Waals surface area contributed by atoms with E-state index in [1.807, 2.05) is 0 Å². The van der Waals surface area contributed by atoms with Crippen molar-refractivity contribution >= 4 is 17.5 Å². The van der Waals surface area contributed by atoms with E-state index >= 15 is 0 Å². The second-order valence-electron chi connectivity index (χ2n) is 6.39. The Bertz CT molecular complexity index is 1080. The number of amides is 1. The van der Waals surface area contributed by atoms with Crippen LogP contribution in [0.15, 0.2) is 71.7 Å². The number of benzene rings is 2. The van der Waals surface area contributed by atoms with E-state index in [-0.39, 0.29) is 12.5 Å². The van der Waals surface area contributed by atoms with Crippen molar-refractivity contribution in [1.29, 1.82) is 0 Å². The van der Waals surface area contributed by atoms with E-state index in [2.05, 4.69) is 5.32 Å². The number of pyridine rings is 1. The van der Waals surface area contributed by atoms with Crippen LogP contribution in [0.5, 0.6) is 0 Å². The third-order valence-corrected chi connectivity index (χ3v) is 4.47. The summed E-state index contributed by atoms with van der Waals surface area (Å²) >= 11 is 5.83. The molecule has 0 atom stereocenters. The number of halogens is 4. The first kappa shape index (κ1) is 20.7. The number of nitrogens with zero attached hydrogens (tertiary/aromatic N) is 1. The van der Waals surface area contributed by atoms with E-state index < -0.39 is 17.3 Å². The average Bonchev–Trinajstić information content (AvgIpc) is 2.68. The van der Waals surface area contributed by atoms with E-state index in [1.165, 1.54) is 0 Å². The molecule has 3 aromatic rings. The maximum Gasteiger partial charge on any atom is 0.417 e. The molecule has 0 spiro atoms. The summed E-state index contributed by atoms with van der Waals surface area (Å²) in [5.41, 5.74) is 0.279. The van der Waals surface area contributed by atoms with Crippen molar-refractivity contribution in [2.45, 2.75) is 19.3 Å².